The molecule has 1 aromatic rings. The smallest absolute Gasteiger partial charge is 0.227 e. The Bertz CT molecular complexity index is 465. The van der Waals surface area contributed by atoms with E-state index in [0.717, 1.165) is 6.42 Å². The lowest BCUT2D eigenvalue weighted by atomic mass is 10.0. The Labute approximate surface area is 178 Å². The minimum Gasteiger partial charge on any atom is -0.352 e. The predicted molar refractivity (Wildman–Crippen MR) is 122 cm³/mol. The zero-order valence-corrected chi connectivity index (χ0v) is 19.2. The Morgan fingerprint density at radius 1 is 0.667 bits per heavy atom. The van der Waals surface area contributed by atoms with E-state index in [1.54, 1.807) is 0 Å². The minimum absolute atomic E-state index is 0.352. The lowest BCUT2D eigenvalue weighted by Gasteiger charge is -2.13. The van der Waals surface area contributed by atoms with Crippen molar-refractivity contribution in [2.75, 3.05) is 5.32 Å². The molecule has 4 nitrogen and oxygen atoms in total. The minimum atomic E-state index is 0.352. The summed E-state index contributed by atoms with van der Waals surface area (Å²) < 4.78 is 0. The number of unbranched alkanes of at least 4 members (excludes halogenated alkanes) is 13. The molecule has 1 rings (SSSR count). The maximum atomic E-state index is 4.17. The van der Waals surface area contributed by atoms with Gasteiger partial charge >= 0.3 is 0 Å². The van der Waals surface area contributed by atoms with Crippen LogP contribution in [-0.2, 0) is 0 Å². The highest BCUT2D eigenvalue weighted by Gasteiger charge is 2.06. The van der Waals surface area contributed by atoms with Crippen LogP contribution in [0, 0.1) is 0 Å². The normalized spacial score (nSPS) is 12.3. The molecule has 0 bridgehead atoms. The van der Waals surface area contributed by atoms with Crippen molar-refractivity contribution in [1.82, 2.24) is 15.0 Å². The van der Waals surface area contributed by atoms with Gasteiger partial charge in [0.25, 0.3) is 0 Å². The van der Waals surface area contributed by atoms with Crippen molar-refractivity contribution in [3.63, 3.8) is 0 Å². The topological polar surface area (TPSA) is 50.7 Å². The first kappa shape index (κ1) is 24.5. The molecule has 0 amide bonds. The molecule has 6 heteroatoms. The molecule has 0 aliphatic carbocycles. The van der Waals surface area contributed by atoms with Crippen LogP contribution in [0.4, 0.5) is 5.95 Å². The third-order valence-corrected chi connectivity index (χ3v) is 5.38. The van der Waals surface area contributed by atoms with Crippen LogP contribution in [0.1, 0.15) is 110 Å². The molecular formula is C21H40N4S2. The van der Waals surface area contributed by atoms with E-state index in [1.807, 2.05) is 0 Å². The summed E-state index contributed by atoms with van der Waals surface area (Å²) >= 11 is 8.31. The first-order chi connectivity index (χ1) is 13.1. The highest BCUT2D eigenvalue weighted by Crippen LogP contribution is 2.15. The van der Waals surface area contributed by atoms with Crippen LogP contribution >= 0.6 is 25.3 Å². The fourth-order valence-electron chi connectivity index (χ4n) is 3.36. The average Bonchev–Trinajstić information content (AvgIpc) is 2.61. The maximum absolute atomic E-state index is 4.17. The predicted octanol–water partition coefficient (Wildman–Crippen LogP) is 7.12. The number of nitrogens with one attached hydrogen (secondary N) is 1. The number of anilines is 1. The summed E-state index contributed by atoms with van der Waals surface area (Å²) in [4.78, 5) is 12.3. The van der Waals surface area contributed by atoms with Crippen LogP contribution in [0.25, 0.3) is 0 Å². The van der Waals surface area contributed by atoms with E-state index >= 15 is 0 Å². The van der Waals surface area contributed by atoms with Crippen LogP contribution < -0.4 is 5.32 Å². The van der Waals surface area contributed by atoms with Gasteiger partial charge in [0.1, 0.15) is 0 Å². The van der Waals surface area contributed by atoms with E-state index in [2.05, 4.69) is 59.4 Å². The molecular weight excluding hydrogens is 372 g/mol. The summed E-state index contributed by atoms with van der Waals surface area (Å²) in [5, 5.41) is 4.12. The summed E-state index contributed by atoms with van der Waals surface area (Å²) in [7, 11) is 0. The number of thiol groups is 2. The zero-order chi connectivity index (χ0) is 19.7. The molecule has 0 radical (unpaired) electrons. The van der Waals surface area contributed by atoms with Crippen molar-refractivity contribution in [3.05, 3.63) is 0 Å². The van der Waals surface area contributed by atoms with Gasteiger partial charge in [-0.2, -0.15) is 15.0 Å². The molecule has 0 aromatic carbocycles. The molecule has 0 fully saturated rings. The van der Waals surface area contributed by atoms with Gasteiger partial charge in [-0.25, -0.2) is 0 Å². The van der Waals surface area contributed by atoms with E-state index in [4.69, 9.17) is 0 Å². The number of rotatable bonds is 17. The second-order valence-corrected chi connectivity index (χ2v) is 8.49. The molecule has 0 aliphatic rings. The van der Waals surface area contributed by atoms with E-state index in [9.17, 15) is 0 Å². The fourth-order valence-corrected chi connectivity index (χ4v) is 3.81. The molecule has 0 saturated heterocycles. The molecule has 1 aromatic heterocycles. The second-order valence-electron chi connectivity index (χ2n) is 7.69. The summed E-state index contributed by atoms with van der Waals surface area (Å²) in [5.74, 6) is 0.567. The van der Waals surface area contributed by atoms with Crippen LogP contribution in [0.2, 0.25) is 0 Å². The Hall–Kier alpha value is -0.490. The van der Waals surface area contributed by atoms with Crippen LogP contribution in [0.5, 0.6) is 0 Å². The molecule has 1 unspecified atom stereocenters. The summed E-state index contributed by atoms with van der Waals surface area (Å²) in [6.07, 6.45) is 20.7. The zero-order valence-electron chi connectivity index (χ0n) is 17.4. The van der Waals surface area contributed by atoms with Gasteiger partial charge in [-0.15, -0.1) is 25.3 Å². The van der Waals surface area contributed by atoms with Crippen molar-refractivity contribution in [2.45, 2.75) is 127 Å². The lowest BCUT2D eigenvalue weighted by molar-refractivity contribution is 0.526. The van der Waals surface area contributed by atoms with Crippen molar-refractivity contribution in [3.8, 4) is 0 Å². The van der Waals surface area contributed by atoms with Crippen molar-refractivity contribution >= 4 is 31.2 Å². The van der Waals surface area contributed by atoms with E-state index in [-0.39, 0.29) is 0 Å². The van der Waals surface area contributed by atoms with Gasteiger partial charge < -0.3 is 5.32 Å². The maximum Gasteiger partial charge on any atom is 0.227 e. The van der Waals surface area contributed by atoms with E-state index in [0.29, 0.717) is 22.3 Å². The molecule has 1 heterocycles. The SMILES string of the molecule is CCCCCCCCCCCCCCCCC(C)Nc1nc(S)nc(S)n1. The van der Waals surface area contributed by atoms with Gasteiger partial charge in [-0.05, 0) is 13.3 Å². The third-order valence-electron chi connectivity index (χ3n) is 4.98. The van der Waals surface area contributed by atoms with Gasteiger partial charge in [-0.3, -0.25) is 0 Å². The van der Waals surface area contributed by atoms with Crippen molar-refractivity contribution < 1.29 is 0 Å². The first-order valence-electron chi connectivity index (χ1n) is 11.0. The Balaban J connectivity index is 1.88. The number of hydrogen-bond donors (Lipinski definition) is 3. The van der Waals surface area contributed by atoms with Crippen LogP contribution in [0.3, 0.4) is 0 Å². The Morgan fingerprint density at radius 3 is 1.52 bits per heavy atom. The highest BCUT2D eigenvalue weighted by atomic mass is 32.1. The Morgan fingerprint density at radius 2 is 1.07 bits per heavy atom. The average molecular weight is 413 g/mol. The van der Waals surface area contributed by atoms with Crippen LogP contribution in [0.15, 0.2) is 10.3 Å². The van der Waals surface area contributed by atoms with Crippen molar-refractivity contribution in [1.29, 1.82) is 0 Å². The van der Waals surface area contributed by atoms with E-state index in [1.165, 1.54) is 89.9 Å². The molecule has 27 heavy (non-hydrogen) atoms. The summed E-state index contributed by atoms with van der Waals surface area (Å²) in [5.41, 5.74) is 0. The fraction of sp³-hybridized carbons (Fsp3) is 0.857. The molecule has 0 aliphatic heterocycles. The van der Waals surface area contributed by atoms with Crippen molar-refractivity contribution in [2.24, 2.45) is 0 Å². The van der Waals surface area contributed by atoms with E-state index < -0.39 is 0 Å². The van der Waals surface area contributed by atoms with Gasteiger partial charge in [0.15, 0.2) is 10.3 Å². The standard InChI is InChI=1S/C21H40N4S2/c1-3-4-5-6-7-8-9-10-11-12-13-14-15-16-17-18(2)22-19-23-20(26)25-21(27)24-19/h18H,3-17H2,1-2H3,(H3,22,23,24,25,26,27). The quantitative estimate of drug-likeness (QED) is 0.188. The monoisotopic (exact) mass is 412 g/mol. The molecule has 1 atom stereocenters. The van der Waals surface area contributed by atoms with Crippen LogP contribution in [-0.4, -0.2) is 21.0 Å². The van der Waals surface area contributed by atoms with Gasteiger partial charge in [0.2, 0.25) is 5.95 Å². The Kier molecular flexibility index (Phi) is 15.0. The first-order valence-corrected chi connectivity index (χ1v) is 11.9. The largest absolute Gasteiger partial charge is 0.352 e. The number of aromatic nitrogens is 3. The number of hydrogen-bond acceptors (Lipinski definition) is 6. The highest BCUT2D eigenvalue weighted by molar-refractivity contribution is 7.80. The summed E-state index contributed by atoms with van der Waals surface area (Å²) in [6.45, 7) is 4.45. The van der Waals surface area contributed by atoms with Gasteiger partial charge in [-0.1, -0.05) is 96.8 Å². The molecule has 0 spiro atoms. The lowest BCUT2D eigenvalue weighted by Crippen LogP contribution is -2.17. The summed E-state index contributed by atoms with van der Waals surface area (Å²) in [6, 6.07) is 0.352. The molecule has 0 saturated carbocycles. The van der Waals surface area contributed by atoms with Gasteiger partial charge in [0.05, 0.1) is 0 Å². The second kappa shape index (κ2) is 16.5. The third kappa shape index (κ3) is 14.2. The number of nitrogens with zero attached hydrogens (tertiary/aromatic N) is 3. The molecule has 156 valence electrons. The van der Waals surface area contributed by atoms with Gasteiger partial charge in [0, 0.05) is 6.04 Å². The molecule has 1 N–H and O–H groups in total.